The van der Waals surface area contributed by atoms with E-state index in [9.17, 15) is 14.4 Å². The van der Waals surface area contributed by atoms with Gasteiger partial charge in [-0.05, 0) is 38.5 Å². The second kappa shape index (κ2) is 9.77. The Morgan fingerprint density at radius 1 is 1.21 bits per heavy atom. The van der Waals surface area contributed by atoms with Gasteiger partial charge in [0.15, 0.2) is 0 Å². The summed E-state index contributed by atoms with van der Waals surface area (Å²) in [7, 11) is 0. The van der Waals surface area contributed by atoms with Gasteiger partial charge in [0.25, 0.3) is 5.91 Å². The number of carbonyl (C=O) groups is 3. The van der Waals surface area contributed by atoms with E-state index in [4.69, 9.17) is 26.8 Å². The minimum Gasteiger partial charge on any atom is -0.466 e. The number of nitrogens with two attached hydrogens (primary N) is 1. The van der Waals surface area contributed by atoms with E-state index in [1.807, 2.05) is 0 Å². The Hall–Kier alpha value is -2.28. The summed E-state index contributed by atoms with van der Waals surface area (Å²) in [5, 5.41) is 2.70. The number of esters is 2. The van der Waals surface area contributed by atoms with Crippen LogP contribution in [0.2, 0.25) is 5.02 Å². The predicted octanol–water partition coefficient (Wildman–Crippen LogP) is 1.93. The first kappa shape index (κ1) is 19.8. The van der Waals surface area contributed by atoms with Crippen LogP contribution in [0, 0.1) is 0 Å². The maximum Gasteiger partial charge on any atom is 0.328 e. The molecule has 0 aliphatic heterocycles. The van der Waals surface area contributed by atoms with E-state index in [-0.39, 0.29) is 36.6 Å². The van der Waals surface area contributed by atoms with Gasteiger partial charge >= 0.3 is 11.9 Å². The van der Waals surface area contributed by atoms with Gasteiger partial charge in [0, 0.05) is 12.1 Å². The summed E-state index contributed by atoms with van der Waals surface area (Å²) in [6.07, 6.45) is 0.0447. The van der Waals surface area contributed by atoms with Crippen molar-refractivity contribution in [2.24, 2.45) is 0 Å². The smallest absolute Gasteiger partial charge is 0.328 e. The lowest BCUT2D eigenvalue weighted by Gasteiger charge is -2.17. The number of halogens is 1. The summed E-state index contributed by atoms with van der Waals surface area (Å²) in [6.45, 7) is 3.74. The zero-order chi connectivity index (χ0) is 18.1. The second-order valence-electron chi connectivity index (χ2n) is 4.86. The number of anilines is 1. The summed E-state index contributed by atoms with van der Waals surface area (Å²) in [5.41, 5.74) is 6.18. The van der Waals surface area contributed by atoms with Crippen LogP contribution in [0.4, 0.5) is 5.69 Å². The van der Waals surface area contributed by atoms with Crippen LogP contribution in [0.3, 0.4) is 0 Å². The summed E-state index contributed by atoms with van der Waals surface area (Å²) in [6, 6.07) is 3.45. The van der Waals surface area contributed by atoms with Crippen LogP contribution in [0.1, 0.15) is 37.0 Å². The second-order valence-corrected chi connectivity index (χ2v) is 5.27. The molecule has 0 spiro atoms. The molecule has 1 aromatic rings. The molecule has 0 saturated carbocycles. The van der Waals surface area contributed by atoms with Crippen molar-refractivity contribution in [1.82, 2.24) is 5.32 Å². The van der Waals surface area contributed by atoms with E-state index in [0.29, 0.717) is 5.69 Å². The molecule has 0 aliphatic carbocycles. The van der Waals surface area contributed by atoms with Gasteiger partial charge in [0.2, 0.25) is 0 Å². The van der Waals surface area contributed by atoms with Crippen molar-refractivity contribution in [3.05, 3.63) is 28.8 Å². The Balaban J connectivity index is 2.81. The minimum atomic E-state index is -0.976. The van der Waals surface area contributed by atoms with Crippen LogP contribution in [0.25, 0.3) is 0 Å². The molecular formula is C16H21ClN2O5. The topological polar surface area (TPSA) is 108 Å². The molecule has 3 N–H and O–H groups in total. The molecule has 0 bridgehead atoms. The first-order chi connectivity index (χ1) is 11.4. The molecular weight excluding hydrogens is 336 g/mol. The molecule has 1 atom stereocenters. The molecule has 0 aliphatic rings. The Labute approximate surface area is 145 Å². The van der Waals surface area contributed by atoms with Crippen molar-refractivity contribution < 1.29 is 23.9 Å². The van der Waals surface area contributed by atoms with Crippen LogP contribution >= 0.6 is 11.6 Å². The number of nitrogen functional groups attached to an aromatic ring is 1. The lowest BCUT2D eigenvalue weighted by molar-refractivity contribution is -0.146. The number of ether oxygens (including phenoxy) is 2. The van der Waals surface area contributed by atoms with E-state index in [2.05, 4.69) is 5.32 Å². The molecule has 24 heavy (non-hydrogen) atoms. The largest absolute Gasteiger partial charge is 0.466 e. The average Bonchev–Trinajstić information content (AvgIpc) is 2.51. The maximum absolute atomic E-state index is 12.3. The fourth-order valence-corrected chi connectivity index (χ4v) is 2.21. The molecule has 1 aromatic carbocycles. The van der Waals surface area contributed by atoms with Gasteiger partial charge in [-0.15, -0.1) is 0 Å². The van der Waals surface area contributed by atoms with Crippen LogP contribution in [-0.4, -0.2) is 37.1 Å². The third-order valence-electron chi connectivity index (χ3n) is 3.06. The van der Waals surface area contributed by atoms with E-state index in [0.717, 1.165) is 0 Å². The highest BCUT2D eigenvalue weighted by Crippen LogP contribution is 2.19. The number of nitrogens with one attached hydrogen (secondary N) is 1. The van der Waals surface area contributed by atoms with Crippen molar-refractivity contribution >= 4 is 35.1 Å². The highest BCUT2D eigenvalue weighted by molar-refractivity contribution is 6.34. The van der Waals surface area contributed by atoms with Crippen molar-refractivity contribution in [3.8, 4) is 0 Å². The molecule has 8 heteroatoms. The lowest BCUT2D eigenvalue weighted by atomic mass is 10.1. The Morgan fingerprint density at radius 3 is 2.46 bits per heavy atom. The molecule has 132 valence electrons. The number of hydrogen-bond acceptors (Lipinski definition) is 6. The van der Waals surface area contributed by atoms with Crippen LogP contribution in [0.15, 0.2) is 18.2 Å². The molecule has 0 heterocycles. The molecule has 0 unspecified atom stereocenters. The minimum absolute atomic E-state index is 0.0208. The van der Waals surface area contributed by atoms with Crippen molar-refractivity contribution in [1.29, 1.82) is 0 Å². The highest BCUT2D eigenvalue weighted by Gasteiger charge is 2.24. The number of benzene rings is 1. The molecule has 1 amide bonds. The number of carbonyl (C=O) groups excluding carboxylic acids is 3. The van der Waals surface area contributed by atoms with Gasteiger partial charge in [-0.25, -0.2) is 4.79 Å². The normalized spacial score (nSPS) is 11.5. The average molecular weight is 357 g/mol. The van der Waals surface area contributed by atoms with Crippen molar-refractivity contribution in [2.45, 2.75) is 32.7 Å². The van der Waals surface area contributed by atoms with E-state index in [1.54, 1.807) is 13.8 Å². The number of hydrogen-bond donors (Lipinski definition) is 2. The van der Waals surface area contributed by atoms with E-state index in [1.165, 1.54) is 18.2 Å². The molecule has 0 saturated heterocycles. The maximum atomic E-state index is 12.3. The summed E-state index contributed by atoms with van der Waals surface area (Å²) in [5.74, 6) is -1.63. The van der Waals surface area contributed by atoms with Crippen molar-refractivity contribution in [2.75, 3.05) is 18.9 Å². The highest BCUT2D eigenvalue weighted by atomic mass is 35.5. The summed E-state index contributed by atoms with van der Waals surface area (Å²) >= 11 is 5.99. The third kappa shape index (κ3) is 6.08. The van der Waals surface area contributed by atoms with Gasteiger partial charge in [-0.2, -0.15) is 0 Å². The van der Waals surface area contributed by atoms with Gasteiger partial charge in [0.05, 0.1) is 23.8 Å². The SMILES string of the molecule is CCOC(=O)CC[C@H](NC(=O)c1ccc(N)cc1Cl)C(=O)OCC. The summed E-state index contributed by atoms with van der Waals surface area (Å²) in [4.78, 5) is 35.7. The van der Waals surface area contributed by atoms with Gasteiger partial charge in [0.1, 0.15) is 6.04 Å². The molecule has 0 fully saturated rings. The Morgan fingerprint density at radius 2 is 1.88 bits per heavy atom. The molecule has 1 rings (SSSR count). The zero-order valence-electron chi connectivity index (χ0n) is 13.6. The zero-order valence-corrected chi connectivity index (χ0v) is 14.4. The first-order valence-electron chi connectivity index (χ1n) is 7.57. The Bertz CT molecular complexity index is 606. The fraction of sp³-hybridized carbons (Fsp3) is 0.438. The van der Waals surface area contributed by atoms with Crippen molar-refractivity contribution in [3.63, 3.8) is 0 Å². The first-order valence-corrected chi connectivity index (χ1v) is 7.94. The lowest BCUT2D eigenvalue weighted by Crippen LogP contribution is -2.42. The third-order valence-corrected chi connectivity index (χ3v) is 3.37. The van der Waals surface area contributed by atoms with E-state index >= 15 is 0 Å². The van der Waals surface area contributed by atoms with Crippen LogP contribution in [0.5, 0.6) is 0 Å². The molecule has 7 nitrogen and oxygen atoms in total. The van der Waals surface area contributed by atoms with Crippen LogP contribution < -0.4 is 11.1 Å². The molecule has 0 aromatic heterocycles. The Kier molecular flexibility index (Phi) is 8.05. The van der Waals surface area contributed by atoms with Gasteiger partial charge in [-0.3, -0.25) is 9.59 Å². The quantitative estimate of drug-likeness (QED) is 0.544. The van der Waals surface area contributed by atoms with E-state index < -0.39 is 23.9 Å². The number of rotatable bonds is 8. The number of amides is 1. The monoisotopic (exact) mass is 356 g/mol. The molecule has 0 radical (unpaired) electrons. The van der Waals surface area contributed by atoms with Crippen LogP contribution in [-0.2, 0) is 19.1 Å². The fourth-order valence-electron chi connectivity index (χ4n) is 1.94. The van der Waals surface area contributed by atoms with Gasteiger partial charge in [-0.1, -0.05) is 11.6 Å². The summed E-state index contributed by atoms with van der Waals surface area (Å²) < 4.78 is 9.74. The van der Waals surface area contributed by atoms with Gasteiger partial charge < -0.3 is 20.5 Å². The predicted molar refractivity (Wildman–Crippen MR) is 89.6 cm³/mol. The standard InChI is InChI=1S/C16H21ClN2O5/c1-3-23-14(20)8-7-13(16(22)24-4-2)19-15(21)11-6-5-10(18)9-12(11)17/h5-6,9,13H,3-4,7-8,18H2,1-2H3,(H,19,21)/t13-/m0/s1.